The molecular formula is C16H17BrFNO6. The zero-order chi connectivity index (χ0) is 18.6. The minimum atomic E-state index is -1.31. The first-order valence-corrected chi connectivity index (χ1v) is 8.13. The first-order valence-electron chi connectivity index (χ1n) is 7.34. The molecule has 0 radical (unpaired) electrons. The Labute approximate surface area is 152 Å². The van der Waals surface area contributed by atoms with E-state index in [0.717, 1.165) is 6.21 Å². The molecule has 0 atom stereocenters. The highest BCUT2D eigenvalue weighted by Crippen LogP contribution is 2.33. The number of halogens is 2. The largest absolute Gasteiger partial charge is 0.488 e. The Morgan fingerprint density at radius 3 is 2.52 bits per heavy atom. The van der Waals surface area contributed by atoms with Crippen LogP contribution in [0.3, 0.4) is 0 Å². The van der Waals surface area contributed by atoms with Crippen molar-refractivity contribution < 1.29 is 32.9 Å². The summed E-state index contributed by atoms with van der Waals surface area (Å²) in [5.74, 6) is -4.73. The fourth-order valence-electron chi connectivity index (χ4n) is 1.97. The zero-order valence-electron chi connectivity index (χ0n) is 13.9. The van der Waals surface area contributed by atoms with E-state index in [0.29, 0.717) is 11.1 Å². The van der Waals surface area contributed by atoms with Crippen LogP contribution in [0.5, 0.6) is 5.75 Å². The number of nitrogens with zero attached hydrogens (tertiary/aromatic N) is 1. The number of rotatable bonds is 6. The van der Waals surface area contributed by atoms with E-state index < -0.39 is 29.5 Å². The molecule has 0 aliphatic carbocycles. The number of ether oxygens (including phenoxy) is 4. The van der Waals surface area contributed by atoms with Gasteiger partial charge in [0.25, 0.3) is 5.79 Å². The van der Waals surface area contributed by atoms with Gasteiger partial charge in [0, 0.05) is 37.7 Å². The number of cyclic esters (lactones) is 2. The second-order valence-corrected chi connectivity index (χ2v) is 6.43. The second-order valence-electron chi connectivity index (χ2n) is 5.57. The number of hydrogen-bond donors (Lipinski definition) is 0. The average Bonchev–Trinajstić information content (AvgIpc) is 2.49. The third-order valence-corrected chi connectivity index (χ3v) is 3.74. The van der Waals surface area contributed by atoms with Crippen molar-refractivity contribution in [2.24, 2.45) is 10.9 Å². The second kappa shape index (κ2) is 7.92. The van der Waals surface area contributed by atoms with Gasteiger partial charge < -0.3 is 18.9 Å². The lowest BCUT2D eigenvalue weighted by atomic mass is 10.1. The molecule has 1 aliphatic heterocycles. The summed E-state index contributed by atoms with van der Waals surface area (Å²) in [5.41, 5.74) is 0.277. The van der Waals surface area contributed by atoms with Gasteiger partial charge in [-0.3, -0.25) is 14.6 Å². The lowest BCUT2D eigenvalue weighted by Gasteiger charge is -2.31. The van der Waals surface area contributed by atoms with E-state index in [1.807, 2.05) is 0 Å². The summed E-state index contributed by atoms with van der Waals surface area (Å²) in [5, 5.41) is 0. The molecular weight excluding hydrogens is 401 g/mol. The van der Waals surface area contributed by atoms with E-state index >= 15 is 0 Å². The van der Waals surface area contributed by atoms with Crippen molar-refractivity contribution in [1.82, 2.24) is 0 Å². The molecule has 1 heterocycles. The van der Waals surface area contributed by atoms with Gasteiger partial charge in [-0.05, 0) is 22.0 Å². The summed E-state index contributed by atoms with van der Waals surface area (Å²) < 4.78 is 34.3. The molecule has 1 fully saturated rings. The molecule has 0 unspecified atom stereocenters. The van der Waals surface area contributed by atoms with Crippen molar-refractivity contribution in [1.29, 1.82) is 0 Å². The SMILES string of the molecule is COCCOc1cc(N=CC2C(=O)OC(C)(C)OC2=O)c(Br)cc1F. The molecule has 0 N–H and O–H groups in total. The number of carbonyl (C=O) groups excluding carboxylic acids is 2. The molecule has 7 nitrogen and oxygen atoms in total. The Balaban J connectivity index is 2.18. The van der Waals surface area contributed by atoms with Gasteiger partial charge in [0.2, 0.25) is 0 Å². The molecule has 1 aromatic carbocycles. The van der Waals surface area contributed by atoms with Crippen LogP contribution in [-0.4, -0.2) is 44.3 Å². The molecule has 1 aliphatic rings. The lowest BCUT2D eigenvalue weighted by Crippen LogP contribution is -2.46. The molecule has 0 amide bonds. The predicted octanol–water partition coefficient (Wildman–Crippen LogP) is 2.77. The lowest BCUT2D eigenvalue weighted by molar-refractivity contribution is -0.235. The molecule has 1 saturated heterocycles. The summed E-state index contributed by atoms with van der Waals surface area (Å²) >= 11 is 3.17. The van der Waals surface area contributed by atoms with Crippen LogP contribution in [0, 0.1) is 11.7 Å². The van der Waals surface area contributed by atoms with Gasteiger partial charge in [-0.1, -0.05) is 0 Å². The van der Waals surface area contributed by atoms with Gasteiger partial charge in [0.05, 0.1) is 12.3 Å². The van der Waals surface area contributed by atoms with Crippen LogP contribution < -0.4 is 4.74 Å². The Hall–Kier alpha value is -2.00. The fourth-order valence-corrected chi connectivity index (χ4v) is 2.39. The van der Waals surface area contributed by atoms with Crippen LogP contribution in [0.25, 0.3) is 0 Å². The highest BCUT2D eigenvalue weighted by Gasteiger charge is 2.42. The Morgan fingerprint density at radius 2 is 1.92 bits per heavy atom. The van der Waals surface area contributed by atoms with Crippen molar-refractivity contribution >= 4 is 39.8 Å². The number of benzene rings is 1. The fraction of sp³-hybridized carbons (Fsp3) is 0.438. The minimum Gasteiger partial charge on any atom is -0.488 e. The molecule has 0 bridgehead atoms. The van der Waals surface area contributed by atoms with Crippen molar-refractivity contribution in [2.45, 2.75) is 19.6 Å². The van der Waals surface area contributed by atoms with E-state index in [2.05, 4.69) is 20.9 Å². The molecule has 0 aromatic heterocycles. The van der Waals surface area contributed by atoms with E-state index in [1.165, 1.54) is 33.1 Å². The van der Waals surface area contributed by atoms with Gasteiger partial charge >= 0.3 is 11.9 Å². The Morgan fingerprint density at radius 1 is 1.28 bits per heavy atom. The third-order valence-electron chi connectivity index (χ3n) is 3.11. The quantitative estimate of drug-likeness (QED) is 0.306. The predicted molar refractivity (Wildman–Crippen MR) is 89.4 cm³/mol. The normalized spacial score (nSPS) is 17.5. The van der Waals surface area contributed by atoms with Gasteiger partial charge in [-0.15, -0.1) is 0 Å². The number of esters is 2. The van der Waals surface area contributed by atoms with Gasteiger partial charge in [0.1, 0.15) is 6.61 Å². The molecule has 0 saturated carbocycles. The molecule has 2 rings (SSSR count). The van der Waals surface area contributed by atoms with Crippen LogP contribution in [0.2, 0.25) is 0 Å². The summed E-state index contributed by atoms with van der Waals surface area (Å²) in [4.78, 5) is 27.9. The van der Waals surface area contributed by atoms with E-state index in [1.54, 1.807) is 0 Å². The summed E-state index contributed by atoms with van der Waals surface area (Å²) in [7, 11) is 1.50. The zero-order valence-corrected chi connectivity index (χ0v) is 15.5. The van der Waals surface area contributed by atoms with Crippen molar-refractivity contribution in [3.05, 3.63) is 22.4 Å². The molecule has 1 aromatic rings. The van der Waals surface area contributed by atoms with Crippen LogP contribution in [0.1, 0.15) is 13.8 Å². The maximum atomic E-state index is 13.9. The number of methoxy groups -OCH3 is 1. The van der Waals surface area contributed by atoms with Crippen molar-refractivity contribution in [2.75, 3.05) is 20.3 Å². The summed E-state index contributed by atoms with van der Waals surface area (Å²) in [6.45, 7) is 3.37. The van der Waals surface area contributed by atoms with Crippen LogP contribution in [0.4, 0.5) is 10.1 Å². The van der Waals surface area contributed by atoms with Crippen LogP contribution >= 0.6 is 15.9 Å². The van der Waals surface area contributed by atoms with Crippen LogP contribution in [0.15, 0.2) is 21.6 Å². The highest BCUT2D eigenvalue weighted by atomic mass is 79.9. The van der Waals surface area contributed by atoms with E-state index in [4.69, 9.17) is 18.9 Å². The first kappa shape index (κ1) is 19.3. The van der Waals surface area contributed by atoms with Gasteiger partial charge in [-0.2, -0.15) is 0 Å². The van der Waals surface area contributed by atoms with E-state index in [9.17, 15) is 14.0 Å². The van der Waals surface area contributed by atoms with Crippen LogP contribution in [-0.2, 0) is 23.8 Å². The Bertz CT molecular complexity index is 686. The maximum absolute atomic E-state index is 13.9. The number of carbonyl (C=O) groups is 2. The summed E-state index contributed by atoms with van der Waals surface area (Å²) in [6.07, 6.45) is 1.09. The smallest absolute Gasteiger partial charge is 0.329 e. The van der Waals surface area contributed by atoms with Crippen molar-refractivity contribution in [3.63, 3.8) is 0 Å². The highest BCUT2D eigenvalue weighted by molar-refractivity contribution is 9.10. The number of aliphatic imine (C=N–C) groups is 1. The molecule has 25 heavy (non-hydrogen) atoms. The summed E-state index contributed by atoms with van der Waals surface area (Å²) in [6, 6.07) is 2.52. The van der Waals surface area contributed by atoms with Gasteiger partial charge in [-0.25, -0.2) is 4.39 Å². The topological polar surface area (TPSA) is 83.4 Å². The maximum Gasteiger partial charge on any atom is 0.329 e. The average molecular weight is 418 g/mol. The van der Waals surface area contributed by atoms with Crippen molar-refractivity contribution in [3.8, 4) is 5.75 Å². The van der Waals surface area contributed by atoms with E-state index in [-0.39, 0.29) is 18.0 Å². The molecule has 9 heteroatoms. The molecule has 136 valence electrons. The Kier molecular flexibility index (Phi) is 6.12. The minimum absolute atomic E-state index is 0.0256. The number of hydrogen-bond acceptors (Lipinski definition) is 7. The third kappa shape index (κ3) is 4.99. The standard InChI is InChI=1S/C16H17BrFNO6/c1-16(2)24-14(20)9(15(21)25-16)8-19-12-7-13(23-5-4-22-3)11(18)6-10(12)17/h6-9H,4-5H2,1-3H3. The molecule has 0 spiro atoms. The monoisotopic (exact) mass is 417 g/mol. The first-order chi connectivity index (χ1) is 11.7. The van der Waals surface area contributed by atoms with Gasteiger partial charge in [0.15, 0.2) is 17.5 Å².